The first-order chi connectivity index (χ1) is 16.3. The number of carboxylic acid groups (broad SMARTS) is 1. The van der Waals surface area contributed by atoms with Crippen LogP contribution in [-0.2, 0) is 5.41 Å². The van der Waals surface area contributed by atoms with Crippen LogP contribution in [0.5, 0.6) is 5.75 Å². The van der Waals surface area contributed by atoms with Gasteiger partial charge in [0.2, 0.25) is 0 Å². The van der Waals surface area contributed by atoms with E-state index in [9.17, 15) is 9.90 Å². The topological polar surface area (TPSA) is 49.8 Å². The van der Waals surface area contributed by atoms with Gasteiger partial charge in [0.1, 0.15) is 5.75 Å². The van der Waals surface area contributed by atoms with Crippen molar-refractivity contribution >= 4 is 22.9 Å². The first kappa shape index (κ1) is 25.9. The number of carbonyl (C=O) groups is 1. The molecule has 0 aliphatic heterocycles. The van der Waals surface area contributed by atoms with Crippen molar-refractivity contribution in [1.82, 2.24) is 0 Å². The molecule has 0 atom stereocenters. The van der Waals surface area contributed by atoms with Gasteiger partial charge in [-0.1, -0.05) is 59.5 Å². The molecule has 34 heavy (non-hydrogen) atoms. The number of allylic oxidation sites excluding steroid dienone is 2. The third-order valence-electron chi connectivity index (χ3n) is 6.84. The standard InChI is InChI=1S/C30H41NO3/c1-6-8-9-10-11-19-34-28-21-26-25(22(3)16-17-30(26,4)5)20-27(28)31(18-7-2)24-14-12-23(13-15-24)29(32)33/h12-16,20-21H,6-11,17-19H2,1-5H3,(H,32,33). The molecule has 184 valence electrons. The van der Waals surface area contributed by atoms with Crippen molar-refractivity contribution in [1.29, 1.82) is 0 Å². The number of unbranched alkanes of at least 4 members (excludes halogenated alkanes) is 4. The van der Waals surface area contributed by atoms with Crippen molar-refractivity contribution in [2.75, 3.05) is 18.1 Å². The van der Waals surface area contributed by atoms with E-state index in [0.717, 1.165) is 42.9 Å². The first-order valence-electron chi connectivity index (χ1n) is 12.9. The molecule has 1 N–H and O–H groups in total. The van der Waals surface area contributed by atoms with E-state index in [2.05, 4.69) is 57.7 Å². The molecular weight excluding hydrogens is 422 g/mol. The molecule has 0 saturated carbocycles. The summed E-state index contributed by atoms with van der Waals surface area (Å²) in [6.45, 7) is 12.7. The zero-order valence-electron chi connectivity index (χ0n) is 21.6. The fourth-order valence-corrected chi connectivity index (χ4v) is 4.69. The summed E-state index contributed by atoms with van der Waals surface area (Å²) < 4.78 is 6.47. The van der Waals surface area contributed by atoms with Gasteiger partial charge in [-0.05, 0) is 84.7 Å². The van der Waals surface area contributed by atoms with E-state index in [-0.39, 0.29) is 5.41 Å². The Morgan fingerprint density at radius 2 is 1.74 bits per heavy atom. The monoisotopic (exact) mass is 463 g/mol. The Morgan fingerprint density at radius 3 is 2.38 bits per heavy atom. The maximum atomic E-state index is 11.4. The average Bonchev–Trinajstić information content (AvgIpc) is 2.82. The minimum atomic E-state index is -0.905. The van der Waals surface area contributed by atoms with E-state index in [1.807, 2.05) is 12.1 Å². The van der Waals surface area contributed by atoms with Crippen molar-refractivity contribution in [2.24, 2.45) is 0 Å². The lowest BCUT2D eigenvalue weighted by Gasteiger charge is -2.34. The van der Waals surface area contributed by atoms with Crippen molar-refractivity contribution in [3.63, 3.8) is 0 Å². The highest BCUT2D eigenvalue weighted by Gasteiger charge is 2.29. The Kier molecular flexibility index (Phi) is 8.82. The van der Waals surface area contributed by atoms with Crippen LogP contribution in [0.25, 0.3) is 5.57 Å². The van der Waals surface area contributed by atoms with Crippen LogP contribution in [0.2, 0.25) is 0 Å². The molecule has 3 rings (SSSR count). The van der Waals surface area contributed by atoms with Crippen molar-refractivity contribution in [3.05, 3.63) is 59.2 Å². The largest absolute Gasteiger partial charge is 0.491 e. The van der Waals surface area contributed by atoms with Gasteiger partial charge in [-0.25, -0.2) is 4.79 Å². The summed E-state index contributed by atoms with van der Waals surface area (Å²) in [6, 6.07) is 11.7. The summed E-state index contributed by atoms with van der Waals surface area (Å²) in [5.74, 6) is 0.0187. The predicted octanol–water partition coefficient (Wildman–Crippen LogP) is 8.37. The van der Waals surface area contributed by atoms with Crippen LogP contribution in [0.15, 0.2) is 42.5 Å². The summed E-state index contributed by atoms with van der Waals surface area (Å²) in [4.78, 5) is 13.6. The van der Waals surface area contributed by atoms with Crippen LogP contribution in [-0.4, -0.2) is 24.2 Å². The van der Waals surface area contributed by atoms with Crippen LogP contribution < -0.4 is 9.64 Å². The molecule has 0 unspecified atom stereocenters. The minimum Gasteiger partial charge on any atom is -0.491 e. The number of hydrogen-bond acceptors (Lipinski definition) is 3. The van der Waals surface area contributed by atoms with Crippen LogP contribution in [0, 0.1) is 0 Å². The fraction of sp³-hybridized carbons (Fsp3) is 0.500. The van der Waals surface area contributed by atoms with E-state index in [1.54, 1.807) is 12.1 Å². The van der Waals surface area contributed by atoms with Gasteiger partial charge in [-0.2, -0.15) is 0 Å². The number of benzene rings is 2. The Morgan fingerprint density at radius 1 is 1.03 bits per heavy atom. The zero-order valence-corrected chi connectivity index (χ0v) is 21.6. The summed E-state index contributed by atoms with van der Waals surface area (Å²) in [6.07, 6.45) is 10.4. The molecule has 2 aromatic rings. The summed E-state index contributed by atoms with van der Waals surface area (Å²) in [5, 5.41) is 9.32. The maximum Gasteiger partial charge on any atom is 0.335 e. The Balaban J connectivity index is 2.01. The molecule has 0 spiro atoms. The lowest BCUT2D eigenvalue weighted by atomic mass is 9.73. The maximum absolute atomic E-state index is 11.4. The van der Waals surface area contributed by atoms with Crippen LogP contribution in [0.3, 0.4) is 0 Å². The molecule has 1 aliphatic rings. The molecule has 0 bridgehead atoms. The third-order valence-corrected chi connectivity index (χ3v) is 6.84. The molecule has 0 amide bonds. The Labute approximate surface area is 205 Å². The van der Waals surface area contributed by atoms with E-state index in [0.29, 0.717) is 12.2 Å². The van der Waals surface area contributed by atoms with Crippen molar-refractivity contribution in [3.8, 4) is 5.75 Å². The van der Waals surface area contributed by atoms with Crippen molar-refractivity contribution in [2.45, 2.75) is 85.0 Å². The highest BCUT2D eigenvalue weighted by molar-refractivity contribution is 5.88. The molecule has 0 fully saturated rings. The summed E-state index contributed by atoms with van der Waals surface area (Å²) in [5.41, 5.74) is 6.33. The minimum absolute atomic E-state index is 0.0608. The van der Waals surface area contributed by atoms with Crippen LogP contribution in [0.1, 0.15) is 101 Å². The van der Waals surface area contributed by atoms with Gasteiger partial charge in [0.15, 0.2) is 0 Å². The highest BCUT2D eigenvalue weighted by Crippen LogP contribution is 2.45. The van der Waals surface area contributed by atoms with E-state index in [1.165, 1.54) is 42.4 Å². The van der Waals surface area contributed by atoms with Gasteiger partial charge in [-0.3, -0.25) is 0 Å². The van der Waals surface area contributed by atoms with Gasteiger partial charge in [0.05, 0.1) is 17.9 Å². The second-order valence-electron chi connectivity index (χ2n) is 10.1. The van der Waals surface area contributed by atoms with Gasteiger partial charge in [0.25, 0.3) is 0 Å². The second kappa shape index (κ2) is 11.6. The quantitative estimate of drug-likeness (QED) is 0.321. The number of aromatic carboxylic acids is 1. The van der Waals surface area contributed by atoms with Gasteiger partial charge in [-0.15, -0.1) is 0 Å². The molecule has 0 aromatic heterocycles. The molecule has 4 nitrogen and oxygen atoms in total. The lowest BCUT2D eigenvalue weighted by molar-refractivity contribution is 0.0697. The Hall–Kier alpha value is -2.75. The number of carboxylic acids is 1. The molecular formula is C30H41NO3. The average molecular weight is 464 g/mol. The Bertz CT molecular complexity index is 1000. The highest BCUT2D eigenvalue weighted by atomic mass is 16.5. The molecule has 0 saturated heterocycles. The van der Waals surface area contributed by atoms with E-state index >= 15 is 0 Å². The van der Waals surface area contributed by atoms with Gasteiger partial charge >= 0.3 is 5.97 Å². The summed E-state index contributed by atoms with van der Waals surface area (Å²) in [7, 11) is 0. The van der Waals surface area contributed by atoms with E-state index < -0.39 is 5.97 Å². The zero-order chi connectivity index (χ0) is 24.7. The van der Waals surface area contributed by atoms with E-state index in [4.69, 9.17) is 4.74 Å². The predicted molar refractivity (Wildman–Crippen MR) is 143 cm³/mol. The summed E-state index contributed by atoms with van der Waals surface area (Å²) >= 11 is 0. The van der Waals surface area contributed by atoms with Crippen LogP contribution >= 0.6 is 0 Å². The molecule has 2 aromatic carbocycles. The second-order valence-corrected chi connectivity index (χ2v) is 10.1. The smallest absolute Gasteiger partial charge is 0.335 e. The number of fused-ring (bicyclic) bond motifs is 1. The third kappa shape index (κ3) is 6.02. The number of anilines is 2. The number of rotatable bonds is 12. The molecule has 0 radical (unpaired) electrons. The van der Waals surface area contributed by atoms with Crippen molar-refractivity contribution < 1.29 is 14.6 Å². The number of ether oxygens (including phenoxy) is 1. The van der Waals surface area contributed by atoms with Gasteiger partial charge < -0.3 is 14.7 Å². The molecule has 0 heterocycles. The fourth-order valence-electron chi connectivity index (χ4n) is 4.69. The SMILES string of the molecule is CCCCCCCOc1cc2c(cc1N(CCC)c1ccc(C(=O)O)cc1)C(C)=CCC2(C)C. The van der Waals surface area contributed by atoms with Gasteiger partial charge in [0, 0.05) is 12.2 Å². The number of nitrogens with zero attached hydrogens (tertiary/aromatic N) is 1. The molecule has 1 aliphatic carbocycles. The normalized spacial score (nSPS) is 14.3. The van der Waals surface area contributed by atoms with Crippen LogP contribution in [0.4, 0.5) is 11.4 Å². The lowest BCUT2D eigenvalue weighted by Crippen LogP contribution is -2.24. The first-order valence-corrected chi connectivity index (χ1v) is 12.9. The molecule has 4 heteroatoms. The number of hydrogen-bond donors (Lipinski definition) is 1.